The molecule has 0 heterocycles. The SMILES string of the molecule is CC(C)=CNC(=O)Nc1cccc(C)c1. The molecule has 1 aromatic carbocycles. The van der Waals surface area contributed by atoms with Crippen molar-refractivity contribution < 1.29 is 4.79 Å². The van der Waals surface area contributed by atoms with Crippen LogP contribution in [-0.4, -0.2) is 6.03 Å². The molecule has 0 radical (unpaired) electrons. The Morgan fingerprint density at radius 3 is 2.67 bits per heavy atom. The summed E-state index contributed by atoms with van der Waals surface area (Å²) in [6, 6.07) is 7.45. The quantitative estimate of drug-likeness (QED) is 0.763. The van der Waals surface area contributed by atoms with E-state index in [2.05, 4.69) is 10.6 Å². The average molecular weight is 204 g/mol. The normalized spacial score (nSPS) is 9.27. The van der Waals surface area contributed by atoms with Crippen LogP contribution in [0.3, 0.4) is 0 Å². The maximum atomic E-state index is 11.4. The van der Waals surface area contributed by atoms with Crippen molar-refractivity contribution in [1.29, 1.82) is 0 Å². The first kappa shape index (κ1) is 11.3. The summed E-state index contributed by atoms with van der Waals surface area (Å²) in [4.78, 5) is 11.4. The third-order valence-electron chi connectivity index (χ3n) is 1.77. The number of hydrogen-bond acceptors (Lipinski definition) is 1. The third kappa shape index (κ3) is 4.31. The van der Waals surface area contributed by atoms with Crippen LogP contribution in [0.25, 0.3) is 0 Å². The van der Waals surface area contributed by atoms with Crippen molar-refractivity contribution in [2.24, 2.45) is 0 Å². The Hall–Kier alpha value is -1.77. The van der Waals surface area contributed by atoms with Crippen molar-refractivity contribution in [3.63, 3.8) is 0 Å². The Kier molecular flexibility index (Phi) is 3.92. The molecule has 0 bridgehead atoms. The predicted molar refractivity (Wildman–Crippen MR) is 62.8 cm³/mol. The van der Waals surface area contributed by atoms with Crippen LogP contribution >= 0.6 is 0 Å². The summed E-state index contributed by atoms with van der Waals surface area (Å²) in [7, 11) is 0. The number of carbonyl (C=O) groups is 1. The second kappa shape index (κ2) is 5.20. The Bertz CT molecular complexity index is 379. The maximum Gasteiger partial charge on any atom is 0.323 e. The zero-order chi connectivity index (χ0) is 11.3. The van der Waals surface area contributed by atoms with Crippen LogP contribution in [0.1, 0.15) is 19.4 Å². The Morgan fingerprint density at radius 2 is 2.07 bits per heavy atom. The molecule has 0 aliphatic carbocycles. The molecule has 0 fully saturated rings. The van der Waals surface area contributed by atoms with Crippen LogP contribution in [-0.2, 0) is 0 Å². The molecule has 3 heteroatoms. The van der Waals surface area contributed by atoms with Crippen LogP contribution < -0.4 is 10.6 Å². The molecule has 2 N–H and O–H groups in total. The fourth-order valence-electron chi connectivity index (χ4n) is 1.10. The van der Waals surface area contributed by atoms with Crippen molar-refractivity contribution in [3.8, 4) is 0 Å². The van der Waals surface area contributed by atoms with E-state index in [1.807, 2.05) is 45.0 Å². The second-order valence-electron chi connectivity index (χ2n) is 3.69. The highest BCUT2D eigenvalue weighted by atomic mass is 16.2. The molecule has 0 aliphatic heterocycles. The van der Waals surface area contributed by atoms with E-state index in [0.717, 1.165) is 16.8 Å². The molecule has 80 valence electrons. The van der Waals surface area contributed by atoms with Crippen molar-refractivity contribution in [2.45, 2.75) is 20.8 Å². The fraction of sp³-hybridized carbons (Fsp3) is 0.250. The molecular weight excluding hydrogens is 188 g/mol. The van der Waals surface area contributed by atoms with E-state index in [9.17, 15) is 4.79 Å². The summed E-state index contributed by atoms with van der Waals surface area (Å²) in [6.45, 7) is 5.83. The summed E-state index contributed by atoms with van der Waals surface area (Å²) >= 11 is 0. The van der Waals surface area contributed by atoms with Gasteiger partial charge >= 0.3 is 6.03 Å². The van der Waals surface area contributed by atoms with E-state index in [-0.39, 0.29) is 6.03 Å². The Morgan fingerprint density at radius 1 is 1.33 bits per heavy atom. The molecule has 0 atom stereocenters. The largest absolute Gasteiger partial charge is 0.323 e. The van der Waals surface area contributed by atoms with Gasteiger partial charge < -0.3 is 10.6 Å². The molecule has 1 rings (SSSR count). The zero-order valence-corrected chi connectivity index (χ0v) is 9.29. The first-order valence-electron chi connectivity index (χ1n) is 4.85. The highest BCUT2D eigenvalue weighted by molar-refractivity contribution is 5.89. The minimum atomic E-state index is -0.221. The first-order valence-corrected chi connectivity index (χ1v) is 4.85. The number of nitrogens with one attached hydrogen (secondary N) is 2. The molecule has 15 heavy (non-hydrogen) atoms. The summed E-state index contributed by atoms with van der Waals surface area (Å²) < 4.78 is 0. The lowest BCUT2D eigenvalue weighted by atomic mass is 10.2. The molecule has 0 spiro atoms. The van der Waals surface area contributed by atoms with Gasteiger partial charge in [-0.05, 0) is 38.5 Å². The van der Waals surface area contributed by atoms with E-state index < -0.39 is 0 Å². The fourth-order valence-corrected chi connectivity index (χ4v) is 1.10. The van der Waals surface area contributed by atoms with Crippen molar-refractivity contribution in [3.05, 3.63) is 41.6 Å². The van der Waals surface area contributed by atoms with Crippen molar-refractivity contribution in [2.75, 3.05) is 5.32 Å². The van der Waals surface area contributed by atoms with Gasteiger partial charge in [-0.25, -0.2) is 4.79 Å². The monoisotopic (exact) mass is 204 g/mol. The third-order valence-corrected chi connectivity index (χ3v) is 1.77. The van der Waals surface area contributed by atoms with E-state index in [1.165, 1.54) is 0 Å². The highest BCUT2D eigenvalue weighted by Crippen LogP contribution is 2.08. The molecule has 0 aromatic heterocycles. The Labute approximate surface area is 90.2 Å². The van der Waals surface area contributed by atoms with Gasteiger partial charge in [0.15, 0.2) is 0 Å². The van der Waals surface area contributed by atoms with E-state index in [0.29, 0.717) is 0 Å². The minimum absolute atomic E-state index is 0.221. The molecule has 3 nitrogen and oxygen atoms in total. The van der Waals surface area contributed by atoms with E-state index in [1.54, 1.807) is 6.20 Å². The van der Waals surface area contributed by atoms with Gasteiger partial charge in [-0.15, -0.1) is 0 Å². The molecule has 1 aromatic rings. The summed E-state index contributed by atoms with van der Waals surface area (Å²) in [5.41, 5.74) is 2.97. The minimum Gasteiger partial charge on any atom is -0.314 e. The van der Waals surface area contributed by atoms with Gasteiger partial charge in [0.25, 0.3) is 0 Å². The summed E-state index contributed by atoms with van der Waals surface area (Å²) in [6.07, 6.45) is 1.67. The number of rotatable bonds is 2. The number of benzene rings is 1. The van der Waals surface area contributed by atoms with Gasteiger partial charge in [0, 0.05) is 11.9 Å². The number of urea groups is 1. The number of aryl methyl sites for hydroxylation is 1. The van der Waals surface area contributed by atoms with Gasteiger partial charge in [-0.1, -0.05) is 17.7 Å². The molecule has 0 unspecified atom stereocenters. The average Bonchev–Trinajstić information content (AvgIpc) is 2.15. The van der Waals surface area contributed by atoms with Crippen molar-refractivity contribution in [1.82, 2.24) is 5.32 Å². The van der Waals surface area contributed by atoms with E-state index in [4.69, 9.17) is 0 Å². The number of amides is 2. The lowest BCUT2D eigenvalue weighted by molar-refractivity contribution is 0.255. The number of carbonyl (C=O) groups excluding carboxylic acids is 1. The van der Waals surface area contributed by atoms with Crippen LogP contribution in [0, 0.1) is 6.92 Å². The smallest absolute Gasteiger partial charge is 0.314 e. The summed E-state index contributed by atoms with van der Waals surface area (Å²) in [5, 5.41) is 5.38. The molecule has 0 aliphatic rings. The summed E-state index contributed by atoms with van der Waals surface area (Å²) in [5.74, 6) is 0. The zero-order valence-electron chi connectivity index (χ0n) is 9.29. The van der Waals surface area contributed by atoms with Crippen LogP contribution in [0.5, 0.6) is 0 Å². The molecule has 2 amide bonds. The number of anilines is 1. The first-order chi connectivity index (χ1) is 7.08. The van der Waals surface area contributed by atoms with Crippen LogP contribution in [0.4, 0.5) is 10.5 Å². The van der Waals surface area contributed by atoms with Gasteiger partial charge in [-0.3, -0.25) is 0 Å². The lowest BCUT2D eigenvalue weighted by Crippen LogP contribution is -2.24. The molecule has 0 saturated carbocycles. The van der Waals surface area contributed by atoms with Crippen LogP contribution in [0.15, 0.2) is 36.0 Å². The second-order valence-corrected chi connectivity index (χ2v) is 3.69. The van der Waals surface area contributed by atoms with Crippen molar-refractivity contribution >= 4 is 11.7 Å². The highest BCUT2D eigenvalue weighted by Gasteiger charge is 1.98. The van der Waals surface area contributed by atoms with Gasteiger partial charge in [0.1, 0.15) is 0 Å². The standard InChI is InChI=1S/C12H16N2O/c1-9(2)8-13-12(15)14-11-6-4-5-10(3)7-11/h4-8H,1-3H3,(H2,13,14,15). The topological polar surface area (TPSA) is 41.1 Å². The van der Waals surface area contributed by atoms with Gasteiger partial charge in [0.2, 0.25) is 0 Å². The number of allylic oxidation sites excluding steroid dienone is 1. The maximum absolute atomic E-state index is 11.4. The van der Waals surface area contributed by atoms with Gasteiger partial charge in [0.05, 0.1) is 0 Å². The van der Waals surface area contributed by atoms with Crippen LogP contribution in [0.2, 0.25) is 0 Å². The molecule has 0 saturated heterocycles. The van der Waals surface area contributed by atoms with E-state index >= 15 is 0 Å². The number of hydrogen-bond donors (Lipinski definition) is 2. The Balaban J connectivity index is 2.55. The van der Waals surface area contributed by atoms with Gasteiger partial charge in [-0.2, -0.15) is 0 Å². The predicted octanol–water partition coefficient (Wildman–Crippen LogP) is 3.04. The molecular formula is C12H16N2O. The lowest BCUT2D eigenvalue weighted by Gasteiger charge is -2.05.